The second-order valence-corrected chi connectivity index (χ2v) is 3.04. The topological polar surface area (TPSA) is 67.5 Å². The van der Waals surface area contributed by atoms with Crippen LogP contribution in [-0.2, 0) is 0 Å². The van der Waals surface area contributed by atoms with Gasteiger partial charge in [-0.3, -0.25) is 4.79 Å². The maximum atomic E-state index is 11.4. The third kappa shape index (κ3) is 1.35. The van der Waals surface area contributed by atoms with Crippen LogP contribution in [0.1, 0.15) is 23.4 Å². The molecule has 1 heterocycles. The van der Waals surface area contributed by atoms with E-state index in [0.717, 1.165) is 18.9 Å². The Labute approximate surface area is 78.8 Å². The zero-order valence-electron chi connectivity index (χ0n) is 7.32. The summed E-state index contributed by atoms with van der Waals surface area (Å²) in [4.78, 5) is 22.0. The first kappa shape index (κ1) is 8.74. The highest BCUT2D eigenvalue weighted by atomic mass is 16.4. The monoisotopic (exact) mass is 192 g/mol. The first-order valence-corrected chi connectivity index (χ1v) is 4.26. The summed E-state index contributed by atoms with van der Waals surface area (Å²) in [5.74, 6) is -1.52. The van der Waals surface area contributed by atoms with E-state index in [2.05, 4.69) is 0 Å². The van der Waals surface area contributed by atoms with Crippen LogP contribution >= 0.6 is 0 Å². The molecule has 0 bridgehead atoms. The summed E-state index contributed by atoms with van der Waals surface area (Å²) >= 11 is 0. The zero-order valence-corrected chi connectivity index (χ0v) is 7.32. The number of carboxylic acid groups (broad SMARTS) is 1. The summed E-state index contributed by atoms with van der Waals surface area (Å²) in [5.41, 5.74) is 0.0840. The fraction of sp³-hybridized carbons (Fsp3) is 0.200. The Morgan fingerprint density at radius 1 is 1.36 bits per heavy atom. The van der Waals surface area contributed by atoms with Crippen LogP contribution in [0.4, 0.5) is 0 Å². The molecule has 1 aromatic heterocycles. The molecule has 14 heavy (non-hydrogen) atoms. The van der Waals surface area contributed by atoms with Gasteiger partial charge in [-0.15, -0.1) is 0 Å². The lowest BCUT2D eigenvalue weighted by Gasteiger charge is -1.99. The SMILES string of the molecule is O=C(O)c1cc(=O)c2c(o1)=CCCC=2. The van der Waals surface area contributed by atoms with E-state index >= 15 is 0 Å². The number of aromatic carboxylic acids is 1. The van der Waals surface area contributed by atoms with Crippen molar-refractivity contribution in [3.63, 3.8) is 0 Å². The van der Waals surface area contributed by atoms with Crippen LogP contribution < -0.4 is 16.1 Å². The van der Waals surface area contributed by atoms with Crippen LogP contribution in [0.5, 0.6) is 0 Å². The van der Waals surface area contributed by atoms with E-state index in [1.165, 1.54) is 0 Å². The molecule has 0 saturated carbocycles. The normalized spacial score (nSPS) is 13.7. The molecule has 0 aliphatic heterocycles. The number of hydrogen-bond acceptors (Lipinski definition) is 3. The summed E-state index contributed by atoms with van der Waals surface area (Å²) in [6, 6.07) is 1.01. The van der Waals surface area contributed by atoms with Crippen LogP contribution in [-0.4, -0.2) is 11.1 Å². The van der Waals surface area contributed by atoms with Gasteiger partial charge in [0.05, 0.1) is 5.22 Å². The van der Waals surface area contributed by atoms with Gasteiger partial charge in [-0.05, 0) is 18.9 Å². The molecule has 72 valence electrons. The maximum absolute atomic E-state index is 11.4. The lowest BCUT2D eigenvalue weighted by Crippen LogP contribution is -2.40. The molecule has 1 N–H and O–H groups in total. The molecule has 4 heteroatoms. The number of carbonyl (C=O) groups is 1. The Morgan fingerprint density at radius 2 is 2.07 bits per heavy atom. The Bertz CT molecular complexity index is 550. The molecule has 4 nitrogen and oxygen atoms in total. The van der Waals surface area contributed by atoms with Crippen LogP contribution in [0.25, 0.3) is 12.2 Å². The Kier molecular flexibility index (Phi) is 1.96. The highest BCUT2D eigenvalue weighted by molar-refractivity contribution is 5.84. The quantitative estimate of drug-likeness (QED) is 0.663. The Balaban J connectivity index is 2.84. The summed E-state index contributed by atoms with van der Waals surface area (Å²) in [6.45, 7) is 0. The van der Waals surface area contributed by atoms with Crippen molar-refractivity contribution >= 4 is 18.1 Å². The standard InChI is InChI=1S/C10H8O4/c11-7-5-9(10(12)13)14-8-4-2-1-3-6(7)8/h3-5H,1-2H2,(H,12,13). The number of hydrogen-bond donors (Lipinski definition) is 1. The molecule has 1 aliphatic rings. The maximum Gasteiger partial charge on any atom is 0.371 e. The zero-order chi connectivity index (χ0) is 10.1. The second-order valence-electron chi connectivity index (χ2n) is 3.04. The predicted molar refractivity (Wildman–Crippen MR) is 49.4 cm³/mol. The first-order chi connectivity index (χ1) is 6.68. The van der Waals surface area contributed by atoms with Gasteiger partial charge in [0.15, 0.2) is 5.43 Å². The summed E-state index contributed by atoms with van der Waals surface area (Å²) in [5, 5.41) is 9.13. The summed E-state index contributed by atoms with van der Waals surface area (Å²) < 4.78 is 5.06. The second kappa shape index (κ2) is 3.14. The minimum Gasteiger partial charge on any atom is -0.475 e. The van der Waals surface area contributed by atoms with Gasteiger partial charge in [0, 0.05) is 6.07 Å². The van der Waals surface area contributed by atoms with Crippen molar-refractivity contribution in [1.29, 1.82) is 0 Å². The van der Waals surface area contributed by atoms with E-state index in [1.54, 1.807) is 12.2 Å². The molecule has 2 rings (SSSR count). The van der Waals surface area contributed by atoms with Gasteiger partial charge in [-0.25, -0.2) is 4.79 Å². The molecule has 0 spiro atoms. The van der Waals surface area contributed by atoms with Gasteiger partial charge in [-0.1, -0.05) is 6.08 Å². The minimum atomic E-state index is -1.22. The van der Waals surface area contributed by atoms with Crippen molar-refractivity contribution in [2.24, 2.45) is 0 Å². The van der Waals surface area contributed by atoms with E-state index in [-0.39, 0.29) is 11.2 Å². The van der Waals surface area contributed by atoms with Crippen LogP contribution in [0.2, 0.25) is 0 Å². The molecule has 0 fully saturated rings. The van der Waals surface area contributed by atoms with Crippen molar-refractivity contribution in [1.82, 2.24) is 0 Å². The average molecular weight is 192 g/mol. The fourth-order valence-corrected chi connectivity index (χ4v) is 1.42. The number of carboxylic acids is 1. The van der Waals surface area contributed by atoms with Crippen molar-refractivity contribution in [3.05, 3.63) is 32.7 Å². The summed E-state index contributed by atoms with van der Waals surface area (Å²) in [6.07, 6.45) is 5.08. The molecule has 0 amide bonds. The third-order valence-corrected chi connectivity index (χ3v) is 2.07. The van der Waals surface area contributed by atoms with Gasteiger partial charge in [0.1, 0.15) is 5.42 Å². The molecule has 0 atom stereocenters. The van der Waals surface area contributed by atoms with E-state index in [4.69, 9.17) is 9.52 Å². The van der Waals surface area contributed by atoms with E-state index < -0.39 is 5.97 Å². The van der Waals surface area contributed by atoms with Gasteiger partial charge in [0.25, 0.3) is 0 Å². The number of rotatable bonds is 1. The average Bonchev–Trinajstić information content (AvgIpc) is 2.17. The lowest BCUT2D eigenvalue weighted by molar-refractivity contribution is 0.0656. The van der Waals surface area contributed by atoms with E-state index in [1.807, 2.05) is 0 Å². The Morgan fingerprint density at radius 3 is 2.79 bits per heavy atom. The molecular formula is C10H8O4. The van der Waals surface area contributed by atoms with Gasteiger partial charge in [-0.2, -0.15) is 0 Å². The molecule has 1 aromatic rings. The number of fused-ring (bicyclic) bond motifs is 1. The molecule has 0 radical (unpaired) electrons. The minimum absolute atomic E-state index is 0.292. The van der Waals surface area contributed by atoms with Gasteiger partial charge >= 0.3 is 5.97 Å². The lowest BCUT2D eigenvalue weighted by atomic mass is 10.1. The van der Waals surface area contributed by atoms with Crippen LogP contribution in [0.3, 0.4) is 0 Å². The third-order valence-electron chi connectivity index (χ3n) is 2.07. The van der Waals surface area contributed by atoms with Crippen molar-refractivity contribution in [2.75, 3.05) is 0 Å². The van der Waals surface area contributed by atoms with E-state index in [0.29, 0.717) is 10.6 Å². The van der Waals surface area contributed by atoms with Crippen molar-refractivity contribution < 1.29 is 14.3 Å². The fourth-order valence-electron chi connectivity index (χ4n) is 1.42. The van der Waals surface area contributed by atoms with Crippen molar-refractivity contribution in [2.45, 2.75) is 12.8 Å². The van der Waals surface area contributed by atoms with Gasteiger partial charge < -0.3 is 9.52 Å². The van der Waals surface area contributed by atoms with Crippen LogP contribution in [0.15, 0.2) is 15.3 Å². The van der Waals surface area contributed by atoms with E-state index in [9.17, 15) is 9.59 Å². The predicted octanol–water partition coefficient (Wildman–Crippen LogP) is -0.307. The highest BCUT2D eigenvalue weighted by Gasteiger charge is 2.09. The Hall–Kier alpha value is -1.84. The molecule has 0 unspecified atom stereocenters. The van der Waals surface area contributed by atoms with Crippen molar-refractivity contribution in [3.8, 4) is 0 Å². The molecule has 0 saturated heterocycles. The summed E-state index contributed by atoms with van der Waals surface area (Å²) in [7, 11) is 0. The first-order valence-electron chi connectivity index (χ1n) is 4.26. The molecular weight excluding hydrogens is 184 g/mol. The molecule has 1 aliphatic carbocycles. The van der Waals surface area contributed by atoms with Crippen LogP contribution in [0, 0.1) is 0 Å². The smallest absolute Gasteiger partial charge is 0.371 e. The largest absolute Gasteiger partial charge is 0.475 e. The highest BCUT2D eigenvalue weighted by Crippen LogP contribution is 1.95. The molecule has 0 aromatic carbocycles. The van der Waals surface area contributed by atoms with Gasteiger partial charge in [0.2, 0.25) is 5.76 Å².